The largest absolute Gasteiger partial charge is 0.471 e. The highest BCUT2D eigenvalue weighted by Gasteiger charge is 2.38. The van der Waals surface area contributed by atoms with Gasteiger partial charge in [-0.1, -0.05) is 29.4 Å². The number of halogens is 3. The molecule has 158 valence electrons. The van der Waals surface area contributed by atoms with Crippen molar-refractivity contribution in [1.82, 2.24) is 15.5 Å². The summed E-state index contributed by atoms with van der Waals surface area (Å²) in [6.07, 6.45) is -4.01. The van der Waals surface area contributed by atoms with E-state index in [9.17, 15) is 31.2 Å². The van der Waals surface area contributed by atoms with Crippen molar-refractivity contribution in [3.8, 4) is 11.4 Å². The zero-order chi connectivity index (χ0) is 22.0. The predicted molar refractivity (Wildman–Crippen MR) is 95.4 cm³/mol. The molecule has 0 spiro atoms. The molecule has 0 saturated carbocycles. The standard InChI is InChI=1S/C17H18F3N3O5S/c1-16(2,9-29(3,26)27)22-14(25)12(24)8-10-4-6-11(7-5-10)13-21-15(28-23-13)17(18,19)20/h4-7H,8-9H2,1-3H3,(H,22,25). The predicted octanol–water partition coefficient (Wildman–Crippen LogP) is 1.81. The number of carbonyl (C=O) groups excluding carboxylic acids is 2. The SMILES string of the molecule is CC(C)(CS(C)(=O)=O)NC(=O)C(=O)Cc1ccc(-c2noc(C(F)(F)F)n2)cc1. The molecule has 29 heavy (non-hydrogen) atoms. The van der Waals surface area contributed by atoms with Gasteiger partial charge in [0, 0.05) is 23.8 Å². The van der Waals surface area contributed by atoms with E-state index in [4.69, 9.17) is 0 Å². The maximum atomic E-state index is 12.5. The third kappa shape index (κ3) is 6.66. The van der Waals surface area contributed by atoms with Gasteiger partial charge in [0.2, 0.25) is 11.6 Å². The number of hydrogen-bond donors (Lipinski definition) is 1. The van der Waals surface area contributed by atoms with E-state index in [1.807, 2.05) is 0 Å². The third-order valence-electron chi connectivity index (χ3n) is 3.57. The Morgan fingerprint density at radius 3 is 2.21 bits per heavy atom. The molecule has 0 aliphatic carbocycles. The van der Waals surface area contributed by atoms with Crippen LogP contribution in [0.3, 0.4) is 0 Å². The van der Waals surface area contributed by atoms with E-state index < -0.39 is 39.1 Å². The number of amides is 1. The van der Waals surface area contributed by atoms with Crippen molar-refractivity contribution >= 4 is 21.5 Å². The van der Waals surface area contributed by atoms with Crippen molar-refractivity contribution in [1.29, 1.82) is 0 Å². The zero-order valence-corrected chi connectivity index (χ0v) is 16.5. The van der Waals surface area contributed by atoms with Crippen LogP contribution in [-0.2, 0) is 32.0 Å². The molecule has 0 unspecified atom stereocenters. The lowest BCUT2D eigenvalue weighted by Gasteiger charge is -2.24. The fraction of sp³-hybridized carbons (Fsp3) is 0.412. The van der Waals surface area contributed by atoms with E-state index in [1.165, 1.54) is 38.1 Å². The molecule has 0 aliphatic rings. The second-order valence-electron chi connectivity index (χ2n) is 7.13. The van der Waals surface area contributed by atoms with Crippen LogP contribution in [0, 0.1) is 0 Å². The quantitative estimate of drug-likeness (QED) is 0.662. The smallest absolute Gasteiger partial charge is 0.344 e. The molecule has 1 aromatic carbocycles. The summed E-state index contributed by atoms with van der Waals surface area (Å²) in [5.74, 6) is -3.80. The van der Waals surface area contributed by atoms with E-state index in [1.54, 1.807) is 0 Å². The van der Waals surface area contributed by atoms with Gasteiger partial charge in [-0.05, 0) is 19.4 Å². The maximum absolute atomic E-state index is 12.5. The van der Waals surface area contributed by atoms with Crippen LogP contribution >= 0.6 is 0 Å². The fourth-order valence-electron chi connectivity index (χ4n) is 2.56. The first kappa shape index (κ1) is 22.5. The van der Waals surface area contributed by atoms with E-state index in [0.717, 1.165) is 6.26 Å². The highest BCUT2D eigenvalue weighted by Crippen LogP contribution is 2.29. The van der Waals surface area contributed by atoms with Gasteiger partial charge >= 0.3 is 12.1 Å². The van der Waals surface area contributed by atoms with Crippen molar-refractivity contribution < 1.29 is 35.7 Å². The minimum absolute atomic E-state index is 0.235. The molecule has 1 aromatic heterocycles. The van der Waals surface area contributed by atoms with Crippen LogP contribution in [-0.4, -0.2) is 47.8 Å². The second-order valence-corrected chi connectivity index (χ2v) is 9.27. The molecular weight excluding hydrogens is 415 g/mol. The summed E-state index contributed by atoms with van der Waals surface area (Å²) in [6, 6.07) is 5.65. The van der Waals surface area contributed by atoms with Gasteiger partial charge in [0.25, 0.3) is 5.91 Å². The number of hydrogen-bond acceptors (Lipinski definition) is 7. The first-order chi connectivity index (χ1) is 13.2. The van der Waals surface area contributed by atoms with Gasteiger partial charge in [-0.2, -0.15) is 18.2 Å². The Hall–Kier alpha value is -2.76. The van der Waals surface area contributed by atoms with Crippen molar-refractivity contribution in [2.24, 2.45) is 0 Å². The molecule has 1 amide bonds. The van der Waals surface area contributed by atoms with E-state index in [-0.39, 0.29) is 23.6 Å². The number of nitrogens with zero attached hydrogens (tertiary/aromatic N) is 2. The molecule has 0 aliphatic heterocycles. The molecule has 0 radical (unpaired) electrons. The van der Waals surface area contributed by atoms with Gasteiger partial charge in [-0.15, -0.1) is 0 Å². The minimum atomic E-state index is -4.75. The van der Waals surface area contributed by atoms with Gasteiger partial charge in [0.05, 0.1) is 5.75 Å². The van der Waals surface area contributed by atoms with E-state index >= 15 is 0 Å². The molecule has 0 saturated heterocycles. The molecule has 0 fully saturated rings. The normalized spacial score (nSPS) is 12.6. The average molecular weight is 433 g/mol. The van der Waals surface area contributed by atoms with Crippen LogP contribution < -0.4 is 5.32 Å². The molecule has 0 bridgehead atoms. The summed E-state index contributed by atoms with van der Waals surface area (Å²) in [5, 5.41) is 5.64. The van der Waals surface area contributed by atoms with Crippen LogP contribution in [0.5, 0.6) is 0 Å². The van der Waals surface area contributed by atoms with Crippen LogP contribution in [0.4, 0.5) is 13.2 Å². The van der Waals surface area contributed by atoms with Crippen LogP contribution in [0.2, 0.25) is 0 Å². The number of alkyl halides is 3. The highest BCUT2D eigenvalue weighted by atomic mass is 32.2. The molecule has 0 atom stereocenters. The summed E-state index contributed by atoms with van der Waals surface area (Å²) in [4.78, 5) is 27.4. The van der Waals surface area contributed by atoms with Crippen molar-refractivity contribution in [2.75, 3.05) is 12.0 Å². The van der Waals surface area contributed by atoms with Crippen molar-refractivity contribution in [2.45, 2.75) is 32.0 Å². The highest BCUT2D eigenvalue weighted by molar-refractivity contribution is 7.90. The number of benzene rings is 1. The first-order valence-corrected chi connectivity index (χ1v) is 10.3. The second kappa shape index (κ2) is 7.93. The molecule has 2 rings (SSSR count). The molecule has 1 N–H and O–H groups in total. The minimum Gasteiger partial charge on any atom is -0.344 e. The average Bonchev–Trinajstić information content (AvgIpc) is 3.02. The maximum Gasteiger partial charge on any atom is 0.471 e. The van der Waals surface area contributed by atoms with Gasteiger partial charge in [-0.25, -0.2) is 8.42 Å². The summed E-state index contributed by atoms with van der Waals surface area (Å²) in [5.41, 5.74) is -0.465. The number of carbonyl (C=O) groups is 2. The number of nitrogens with one attached hydrogen (secondary N) is 1. The van der Waals surface area contributed by atoms with Gasteiger partial charge in [-0.3, -0.25) is 9.59 Å². The topological polar surface area (TPSA) is 119 Å². The Kier molecular flexibility index (Phi) is 6.16. The number of aromatic nitrogens is 2. The van der Waals surface area contributed by atoms with Gasteiger partial charge < -0.3 is 9.84 Å². The Labute approximate surface area is 164 Å². The summed E-state index contributed by atoms with van der Waals surface area (Å²) in [6.45, 7) is 2.96. The van der Waals surface area contributed by atoms with Crippen LogP contribution in [0.25, 0.3) is 11.4 Å². The lowest BCUT2D eigenvalue weighted by atomic mass is 10.0. The van der Waals surface area contributed by atoms with Crippen LogP contribution in [0.1, 0.15) is 25.3 Å². The summed E-state index contributed by atoms with van der Waals surface area (Å²) in [7, 11) is -3.37. The number of rotatable bonds is 7. The van der Waals surface area contributed by atoms with Gasteiger partial charge in [0.15, 0.2) is 0 Å². The lowest BCUT2D eigenvalue weighted by molar-refractivity contribution is -0.159. The fourth-order valence-corrected chi connectivity index (χ4v) is 3.94. The Bertz CT molecular complexity index is 1010. The summed E-state index contributed by atoms with van der Waals surface area (Å²) >= 11 is 0. The number of ketones is 1. The Balaban J connectivity index is 2.03. The Morgan fingerprint density at radius 1 is 1.14 bits per heavy atom. The molecule has 2 aromatic rings. The van der Waals surface area contributed by atoms with Crippen molar-refractivity contribution in [3.05, 3.63) is 35.7 Å². The zero-order valence-electron chi connectivity index (χ0n) is 15.7. The van der Waals surface area contributed by atoms with Gasteiger partial charge in [0.1, 0.15) is 9.84 Å². The molecule has 12 heteroatoms. The monoisotopic (exact) mass is 433 g/mol. The Morgan fingerprint density at radius 2 is 1.72 bits per heavy atom. The third-order valence-corrected chi connectivity index (χ3v) is 4.82. The lowest BCUT2D eigenvalue weighted by Crippen LogP contribution is -2.50. The molecule has 1 heterocycles. The van der Waals surface area contributed by atoms with Crippen molar-refractivity contribution in [3.63, 3.8) is 0 Å². The first-order valence-electron chi connectivity index (χ1n) is 8.19. The molecule has 8 nitrogen and oxygen atoms in total. The van der Waals surface area contributed by atoms with E-state index in [2.05, 4.69) is 20.0 Å². The van der Waals surface area contributed by atoms with E-state index in [0.29, 0.717) is 5.56 Å². The van der Waals surface area contributed by atoms with Crippen LogP contribution in [0.15, 0.2) is 28.8 Å². The molecular formula is C17H18F3N3O5S. The number of sulfone groups is 1. The summed E-state index contributed by atoms with van der Waals surface area (Å²) < 4.78 is 64.4. The number of Topliss-reactive ketones (excluding diaryl/α,β-unsaturated/α-hetero) is 1.